The van der Waals surface area contributed by atoms with E-state index < -0.39 is 0 Å². The predicted octanol–water partition coefficient (Wildman–Crippen LogP) is 10.9. The lowest BCUT2D eigenvalue weighted by molar-refractivity contribution is 0.590. The smallest absolute Gasteiger partial charge is 0.252 e. The zero-order valence-corrected chi connectivity index (χ0v) is 30.7. The van der Waals surface area contributed by atoms with Gasteiger partial charge in [-0.3, -0.25) is 0 Å². The lowest BCUT2D eigenvalue weighted by Gasteiger charge is -2.34. The van der Waals surface area contributed by atoms with Crippen LogP contribution in [0, 0.1) is 13.8 Å². The van der Waals surface area contributed by atoms with Crippen LogP contribution in [0.1, 0.15) is 37.5 Å². The average molecular weight is 677 g/mol. The van der Waals surface area contributed by atoms with Gasteiger partial charge in [-0.2, -0.15) is 0 Å². The summed E-state index contributed by atoms with van der Waals surface area (Å²) in [6.07, 6.45) is 0. The van der Waals surface area contributed by atoms with E-state index in [9.17, 15) is 0 Å². The molecule has 0 N–H and O–H groups in total. The van der Waals surface area contributed by atoms with Gasteiger partial charge in [-0.15, -0.1) is 0 Å². The molecule has 0 atom stereocenters. The summed E-state index contributed by atoms with van der Waals surface area (Å²) in [5.41, 5.74) is 18.6. The van der Waals surface area contributed by atoms with Crippen molar-refractivity contribution in [2.75, 3.05) is 0 Å². The molecule has 0 amide bonds. The number of aromatic nitrogens is 2. The van der Waals surface area contributed by atoms with Crippen LogP contribution in [0.5, 0.6) is 0 Å². The normalized spacial score (nSPS) is 13.3. The van der Waals surface area contributed by atoms with Crippen molar-refractivity contribution in [1.29, 1.82) is 0 Å². The Morgan fingerprint density at radius 2 is 0.906 bits per heavy atom. The molecule has 250 valence electrons. The first-order valence-electron chi connectivity index (χ1n) is 19.0. The first-order valence-corrected chi connectivity index (χ1v) is 19.0. The summed E-state index contributed by atoms with van der Waals surface area (Å²) in [4.78, 5) is 0. The fourth-order valence-corrected chi connectivity index (χ4v) is 10.1. The van der Waals surface area contributed by atoms with Gasteiger partial charge in [0.15, 0.2) is 0 Å². The maximum absolute atomic E-state index is 2.62. The molecule has 10 aromatic rings. The predicted molar refractivity (Wildman–Crippen MR) is 228 cm³/mol. The number of rotatable bonds is 1. The summed E-state index contributed by atoms with van der Waals surface area (Å²) >= 11 is 0. The van der Waals surface area contributed by atoms with E-state index in [4.69, 9.17) is 0 Å². The van der Waals surface area contributed by atoms with Crippen LogP contribution >= 0.6 is 0 Å². The van der Waals surface area contributed by atoms with E-state index >= 15 is 0 Å². The molecule has 53 heavy (non-hydrogen) atoms. The van der Waals surface area contributed by atoms with Crippen molar-refractivity contribution in [3.63, 3.8) is 0 Å². The lowest BCUT2D eigenvalue weighted by atomic mass is 9.34. The van der Waals surface area contributed by atoms with Gasteiger partial charge in [0.05, 0.1) is 11.0 Å². The van der Waals surface area contributed by atoms with Crippen molar-refractivity contribution < 1.29 is 0 Å². The molecule has 0 unspecified atom stereocenters. The molecule has 4 heterocycles. The molecule has 12 rings (SSSR count). The van der Waals surface area contributed by atoms with Crippen LogP contribution in [0.2, 0.25) is 0 Å². The Morgan fingerprint density at radius 3 is 1.36 bits per heavy atom. The Bertz CT molecular complexity index is 3090. The van der Waals surface area contributed by atoms with Gasteiger partial charge >= 0.3 is 0 Å². The molecular weight excluding hydrogens is 639 g/mol. The topological polar surface area (TPSA) is 9.86 Å². The summed E-state index contributed by atoms with van der Waals surface area (Å²) in [5, 5.41) is 10.4. The van der Waals surface area contributed by atoms with Crippen molar-refractivity contribution in [1.82, 2.24) is 9.13 Å². The summed E-state index contributed by atoms with van der Waals surface area (Å²) in [6.45, 7) is 11.5. The minimum absolute atomic E-state index is 0.0914. The SMILES string of the molecule is Cc1cc2c3c(c1)c1cc4ccccc4cc1n3-c1cc(-c3ccc(C(C)(C)C)cc3)cc3c1B2c1cc(C)cc2c4cc5ccccc5cc4n-3c12. The molecule has 0 fully saturated rings. The molecule has 0 radical (unpaired) electrons. The van der Waals surface area contributed by atoms with E-state index in [-0.39, 0.29) is 12.1 Å². The number of hydrogen-bond acceptors (Lipinski definition) is 0. The van der Waals surface area contributed by atoms with Crippen molar-refractivity contribution in [2.45, 2.75) is 40.0 Å². The Hall–Kier alpha value is -6.06. The van der Waals surface area contributed by atoms with Gasteiger partial charge in [0, 0.05) is 44.0 Å². The second-order valence-electron chi connectivity index (χ2n) is 16.8. The van der Waals surface area contributed by atoms with Gasteiger partial charge < -0.3 is 9.13 Å². The highest BCUT2D eigenvalue weighted by molar-refractivity contribution is 7.00. The minimum atomic E-state index is 0.0914. The van der Waals surface area contributed by atoms with Crippen LogP contribution in [0.15, 0.2) is 133 Å². The lowest BCUT2D eigenvalue weighted by Crippen LogP contribution is -2.59. The first-order chi connectivity index (χ1) is 25.7. The molecule has 0 bridgehead atoms. The van der Waals surface area contributed by atoms with Crippen LogP contribution in [0.4, 0.5) is 0 Å². The van der Waals surface area contributed by atoms with E-state index in [1.165, 1.54) is 121 Å². The van der Waals surface area contributed by atoms with E-state index in [1.54, 1.807) is 0 Å². The largest absolute Gasteiger partial charge is 0.310 e. The van der Waals surface area contributed by atoms with Crippen molar-refractivity contribution in [3.05, 3.63) is 150 Å². The van der Waals surface area contributed by atoms with Gasteiger partial charge in [0.25, 0.3) is 6.71 Å². The fraction of sp³-hybridized carbons (Fsp3) is 0.120. The van der Waals surface area contributed by atoms with Crippen LogP contribution in [-0.2, 0) is 5.41 Å². The Morgan fingerprint density at radius 1 is 0.453 bits per heavy atom. The number of benzene rings is 8. The third-order valence-corrected chi connectivity index (χ3v) is 12.4. The molecule has 2 nitrogen and oxygen atoms in total. The quantitative estimate of drug-likeness (QED) is 0.153. The standard InChI is InChI=1S/C50H37BN2/c1-28-18-39-37-22-31-10-6-8-12-33(31)24-43(37)52-45-26-35(30-14-16-36(17-15-30)50(3,4)5)27-46-47(45)51(41(20-28)48(39)52)42-21-29(2)19-40-38-23-32-11-7-9-13-34(32)25-44(38)53(46)49(40)42/h6-27H,1-5H3. The van der Waals surface area contributed by atoms with Crippen LogP contribution in [0.3, 0.4) is 0 Å². The molecule has 3 heteroatoms. The van der Waals surface area contributed by atoms with Gasteiger partial charge in [0.2, 0.25) is 0 Å². The molecular formula is C50H37BN2. The number of hydrogen-bond donors (Lipinski definition) is 0. The number of nitrogens with zero attached hydrogens (tertiary/aromatic N) is 2. The second-order valence-corrected chi connectivity index (χ2v) is 16.8. The van der Waals surface area contributed by atoms with Gasteiger partial charge in [0.1, 0.15) is 0 Å². The average Bonchev–Trinajstić information content (AvgIpc) is 3.64. The van der Waals surface area contributed by atoms with Crippen LogP contribution < -0.4 is 16.4 Å². The van der Waals surface area contributed by atoms with Crippen molar-refractivity contribution >= 4 is 88.3 Å². The van der Waals surface area contributed by atoms with Crippen LogP contribution in [0.25, 0.3) is 87.7 Å². The Kier molecular flexibility index (Phi) is 5.50. The fourth-order valence-electron chi connectivity index (χ4n) is 10.1. The van der Waals surface area contributed by atoms with E-state index in [0.29, 0.717) is 0 Å². The van der Waals surface area contributed by atoms with E-state index in [0.717, 1.165) is 0 Å². The molecule has 0 saturated carbocycles. The van der Waals surface area contributed by atoms with E-state index in [2.05, 4.69) is 177 Å². The third kappa shape index (κ3) is 3.84. The maximum Gasteiger partial charge on any atom is 0.252 e. The molecule has 0 saturated heterocycles. The minimum Gasteiger partial charge on any atom is -0.310 e. The van der Waals surface area contributed by atoms with E-state index in [1.807, 2.05) is 0 Å². The molecule has 0 spiro atoms. The first kappa shape index (κ1) is 29.5. The summed E-state index contributed by atoms with van der Waals surface area (Å²) in [6, 6.07) is 51.5. The Balaban J connectivity index is 1.29. The molecule has 0 aliphatic carbocycles. The summed E-state index contributed by atoms with van der Waals surface area (Å²) in [5.74, 6) is 0. The van der Waals surface area contributed by atoms with Gasteiger partial charge in [-0.1, -0.05) is 117 Å². The van der Waals surface area contributed by atoms with Gasteiger partial charge in [-0.25, -0.2) is 0 Å². The summed E-state index contributed by atoms with van der Waals surface area (Å²) in [7, 11) is 0. The summed E-state index contributed by atoms with van der Waals surface area (Å²) < 4.78 is 5.24. The highest BCUT2D eigenvalue weighted by Gasteiger charge is 2.41. The Labute approximate surface area is 309 Å². The zero-order chi connectivity index (χ0) is 35.5. The van der Waals surface area contributed by atoms with Gasteiger partial charge in [-0.05, 0) is 122 Å². The number of aryl methyl sites for hydroxylation is 2. The molecule has 2 aliphatic rings. The van der Waals surface area contributed by atoms with Crippen molar-refractivity contribution in [3.8, 4) is 22.5 Å². The van der Waals surface area contributed by atoms with Crippen LogP contribution in [-0.4, -0.2) is 15.8 Å². The maximum atomic E-state index is 2.62. The van der Waals surface area contributed by atoms with Crippen molar-refractivity contribution in [2.24, 2.45) is 0 Å². The monoisotopic (exact) mass is 676 g/mol. The molecule has 2 aliphatic heterocycles. The number of fused-ring (bicyclic) bond motifs is 12. The third-order valence-electron chi connectivity index (χ3n) is 12.4. The highest BCUT2D eigenvalue weighted by atomic mass is 15.0. The highest BCUT2D eigenvalue weighted by Crippen LogP contribution is 2.43. The molecule has 8 aromatic carbocycles. The zero-order valence-electron chi connectivity index (χ0n) is 30.7. The second kappa shape index (κ2) is 9.88. The molecule has 2 aromatic heterocycles.